The van der Waals surface area contributed by atoms with Gasteiger partial charge < -0.3 is 15.5 Å². The molecule has 0 radical (unpaired) electrons. The van der Waals surface area contributed by atoms with Crippen molar-refractivity contribution < 1.29 is 18.8 Å². The molecule has 1 aliphatic rings. The number of carbonyl (C=O) groups is 3. The van der Waals surface area contributed by atoms with E-state index in [1.165, 1.54) is 18.2 Å². The van der Waals surface area contributed by atoms with Crippen molar-refractivity contribution in [1.29, 1.82) is 0 Å². The maximum Gasteiger partial charge on any atom is 0.310 e. The van der Waals surface area contributed by atoms with E-state index in [-0.39, 0.29) is 18.5 Å². The van der Waals surface area contributed by atoms with Crippen LogP contribution in [-0.2, 0) is 20.9 Å². The molecule has 0 fully saturated rings. The minimum atomic E-state index is -0.912. The minimum Gasteiger partial charge on any atom is -0.344 e. The molecule has 0 saturated heterocycles. The molecule has 140 valence electrons. The van der Waals surface area contributed by atoms with Crippen LogP contribution in [0, 0.1) is 5.82 Å². The van der Waals surface area contributed by atoms with E-state index in [0.717, 1.165) is 5.69 Å². The molecule has 1 heterocycles. The van der Waals surface area contributed by atoms with Gasteiger partial charge in [0.2, 0.25) is 0 Å². The van der Waals surface area contributed by atoms with Gasteiger partial charge in [0.15, 0.2) is 0 Å². The van der Waals surface area contributed by atoms with E-state index in [4.69, 9.17) is 0 Å². The number of amides is 3. The molecule has 2 aromatic carbocycles. The highest BCUT2D eigenvalue weighted by Crippen LogP contribution is 2.36. The fourth-order valence-electron chi connectivity index (χ4n) is 3.12. The Morgan fingerprint density at radius 2 is 1.85 bits per heavy atom. The number of para-hydroxylation sites is 1. The lowest BCUT2D eigenvalue weighted by Crippen LogP contribution is -2.45. The van der Waals surface area contributed by atoms with Crippen LogP contribution in [0.25, 0.3) is 0 Å². The Morgan fingerprint density at radius 3 is 2.56 bits per heavy atom. The fraction of sp³-hybridized carbons (Fsp3) is 0.250. The van der Waals surface area contributed by atoms with Crippen LogP contribution >= 0.6 is 0 Å². The Hall–Kier alpha value is -3.22. The lowest BCUT2D eigenvalue weighted by atomic mass is 10.1. The highest BCUT2D eigenvalue weighted by Gasteiger charge is 2.39. The Labute approximate surface area is 156 Å². The molecule has 0 aliphatic carbocycles. The first-order valence-corrected chi connectivity index (χ1v) is 8.63. The molecule has 0 aromatic heterocycles. The van der Waals surface area contributed by atoms with Gasteiger partial charge in [-0.25, -0.2) is 4.39 Å². The third-order valence-electron chi connectivity index (χ3n) is 4.33. The molecule has 2 aromatic rings. The second-order valence-electron chi connectivity index (χ2n) is 6.58. The minimum absolute atomic E-state index is 0.0112. The molecule has 0 bridgehead atoms. The molecule has 3 rings (SSSR count). The second-order valence-corrected chi connectivity index (χ2v) is 6.58. The summed E-state index contributed by atoms with van der Waals surface area (Å²) < 4.78 is 13.2. The van der Waals surface area contributed by atoms with Crippen molar-refractivity contribution in [2.24, 2.45) is 0 Å². The van der Waals surface area contributed by atoms with Crippen molar-refractivity contribution in [3.8, 4) is 0 Å². The smallest absolute Gasteiger partial charge is 0.310 e. The predicted molar refractivity (Wildman–Crippen MR) is 98.2 cm³/mol. The van der Waals surface area contributed by atoms with E-state index in [1.54, 1.807) is 23.1 Å². The summed E-state index contributed by atoms with van der Waals surface area (Å²) in [7, 11) is 0. The molecule has 0 spiro atoms. The maximum atomic E-state index is 13.2. The van der Waals surface area contributed by atoms with Gasteiger partial charge in [-0.1, -0.05) is 30.3 Å². The summed E-state index contributed by atoms with van der Waals surface area (Å²) in [6.07, 6.45) is 0. The molecule has 27 heavy (non-hydrogen) atoms. The molecular formula is C20H20FN3O3. The lowest BCUT2D eigenvalue weighted by molar-refractivity contribution is -0.140. The quantitative estimate of drug-likeness (QED) is 0.810. The number of anilines is 1. The lowest BCUT2D eigenvalue weighted by Gasteiger charge is -2.22. The first kappa shape index (κ1) is 18.6. The van der Waals surface area contributed by atoms with Gasteiger partial charge in [-0.05, 0) is 37.6 Å². The van der Waals surface area contributed by atoms with Crippen molar-refractivity contribution >= 4 is 23.4 Å². The van der Waals surface area contributed by atoms with Gasteiger partial charge in [0, 0.05) is 23.8 Å². The third-order valence-corrected chi connectivity index (χ3v) is 4.33. The summed E-state index contributed by atoms with van der Waals surface area (Å²) in [4.78, 5) is 38.7. The highest BCUT2D eigenvalue weighted by molar-refractivity contribution is 6.35. The summed E-state index contributed by atoms with van der Waals surface area (Å²) >= 11 is 0. The number of benzene rings is 2. The Balaban J connectivity index is 1.68. The molecule has 7 heteroatoms. The van der Waals surface area contributed by atoms with Crippen molar-refractivity contribution in [3.63, 3.8) is 0 Å². The molecule has 1 aliphatic heterocycles. The van der Waals surface area contributed by atoms with E-state index < -0.39 is 23.7 Å². The predicted octanol–water partition coefficient (Wildman–Crippen LogP) is 2.05. The van der Waals surface area contributed by atoms with Crippen LogP contribution in [0.4, 0.5) is 10.1 Å². The zero-order chi connectivity index (χ0) is 19.6. The van der Waals surface area contributed by atoms with E-state index in [1.807, 2.05) is 26.0 Å². The Bertz CT molecular complexity index is 898. The van der Waals surface area contributed by atoms with Crippen molar-refractivity contribution in [3.05, 3.63) is 65.5 Å². The van der Waals surface area contributed by atoms with Crippen molar-refractivity contribution in [2.75, 3.05) is 4.90 Å². The summed E-state index contributed by atoms with van der Waals surface area (Å²) in [5.74, 6) is -2.50. The average molecular weight is 369 g/mol. The van der Waals surface area contributed by atoms with Crippen LogP contribution in [0.5, 0.6) is 0 Å². The molecule has 1 atom stereocenters. The number of halogens is 1. The maximum absolute atomic E-state index is 13.2. The number of hydrogen-bond donors (Lipinski definition) is 2. The van der Waals surface area contributed by atoms with E-state index in [0.29, 0.717) is 11.1 Å². The summed E-state index contributed by atoms with van der Waals surface area (Å²) in [5, 5.41) is 4.93. The van der Waals surface area contributed by atoms with Crippen LogP contribution in [0.2, 0.25) is 0 Å². The van der Waals surface area contributed by atoms with Crippen molar-refractivity contribution in [2.45, 2.75) is 32.5 Å². The van der Waals surface area contributed by atoms with Crippen LogP contribution in [-0.4, -0.2) is 23.8 Å². The van der Waals surface area contributed by atoms with Gasteiger partial charge in [-0.15, -0.1) is 0 Å². The van der Waals surface area contributed by atoms with Gasteiger partial charge in [0.05, 0.1) is 0 Å². The van der Waals surface area contributed by atoms with Gasteiger partial charge in [-0.3, -0.25) is 14.4 Å². The standard InChI is InChI=1S/C20H20FN3O3/c1-12(2)24-16-9-4-3-8-15(16)17(20(24)27)23-19(26)18(25)22-11-13-6-5-7-14(21)10-13/h3-10,12,17H,11H2,1-2H3,(H,22,25)(H,23,26)/t17-/m1/s1. The van der Waals surface area contributed by atoms with Crippen LogP contribution in [0.1, 0.15) is 31.0 Å². The molecule has 6 nitrogen and oxygen atoms in total. The number of nitrogens with one attached hydrogen (secondary N) is 2. The van der Waals surface area contributed by atoms with Gasteiger partial charge in [0.25, 0.3) is 5.91 Å². The zero-order valence-corrected chi connectivity index (χ0v) is 15.0. The van der Waals surface area contributed by atoms with Crippen LogP contribution in [0.15, 0.2) is 48.5 Å². The topological polar surface area (TPSA) is 78.5 Å². The van der Waals surface area contributed by atoms with Crippen LogP contribution in [0.3, 0.4) is 0 Å². The van der Waals surface area contributed by atoms with E-state index in [2.05, 4.69) is 10.6 Å². The summed E-state index contributed by atoms with van der Waals surface area (Å²) in [6, 6.07) is 11.9. The van der Waals surface area contributed by atoms with E-state index in [9.17, 15) is 18.8 Å². The molecule has 3 amide bonds. The zero-order valence-electron chi connectivity index (χ0n) is 15.0. The first-order chi connectivity index (χ1) is 12.9. The van der Waals surface area contributed by atoms with Gasteiger partial charge >= 0.3 is 11.8 Å². The second kappa shape index (κ2) is 7.57. The number of rotatable bonds is 4. The monoisotopic (exact) mass is 369 g/mol. The molecule has 2 N–H and O–H groups in total. The normalized spacial score (nSPS) is 15.6. The number of carbonyl (C=O) groups excluding carboxylic acids is 3. The molecular weight excluding hydrogens is 349 g/mol. The van der Waals surface area contributed by atoms with Crippen LogP contribution < -0.4 is 15.5 Å². The Kier molecular flexibility index (Phi) is 5.21. The summed E-state index contributed by atoms with van der Waals surface area (Å²) in [6.45, 7) is 3.77. The average Bonchev–Trinajstić information content (AvgIpc) is 2.91. The first-order valence-electron chi connectivity index (χ1n) is 8.63. The van der Waals surface area contributed by atoms with Gasteiger partial charge in [0.1, 0.15) is 11.9 Å². The Morgan fingerprint density at radius 1 is 1.11 bits per heavy atom. The number of nitrogens with zero attached hydrogens (tertiary/aromatic N) is 1. The van der Waals surface area contributed by atoms with E-state index >= 15 is 0 Å². The number of fused-ring (bicyclic) bond motifs is 1. The number of hydrogen-bond acceptors (Lipinski definition) is 3. The molecule has 0 saturated carbocycles. The van der Waals surface area contributed by atoms with Gasteiger partial charge in [-0.2, -0.15) is 0 Å². The molecule has 0 unspecified atom stereocenters. The third kappa shape index (κ3) is 3.81. The van der Waals surface area contributed by atoms with Crippen molar-refractivity contribution in [1.82, 2.24) is 10.6 Å². The largest absolute Gasteiger partial charge is 0.344 e. The highest BCUT2D eigenvalue weighted by atomic mass is 19.1. The SMILES string of the molecule is CC(C)N1C(=O)[C@H](NC(=O)C(=O)NCc2cccc(F)c2)c2ccccc21. The summed E-state index contributed by atoms with van der Waals surface area (Å²) in [5.41, 5.74) is 1.91. The fourth-order valence-corrected chi connectivity index (χ4v) is 3.12.